The van der Waals surface area contributed by atoms with E-state index in [1.165, 1.54) is 0 Å². The maximum Gasteiger partial charge on any atom is 0.137 e. The second-order valence-electron chi connectivity index (χ2n) is 2.25. The van der Waals surface area contributed by atoms with Crippen LogP contribution in [0.5, 0.6) is 5.75 Å². The Bertz CT molecular complexity index is 289. The molecule has 1 aromatic rings. The average Bonchev–Trinajstić information content (AvgIpc) is 2.06. The molecule has 0 bridgehead atoms. The van der Waals surface area contributed by atoms with Gasteiger partial charge < -0.3 is 10.5 Å². The van der Waals surface area contributed by atoms with Crippen LogP contribution in [0.3, 0.4) is 0 Å². The van der Waals surface area contributed by atoms with Gasteiger partial charge in [-0.05, 0) is 12.1 Å². The summed E-state index contributed by atoms with van der Waals surface area (Å²) in [5, 5.41) is 1.07. The van der Waals surface area contributed by atoms with Crippen molar-refractivity contribution in [1.82, 2.24) is 0 Å². The van der Waals surface area contributed by atoms with Gasteiger partial charge in [0.15, 0.2) is 0 Å². The van der Waals surface area contributed by atoms with E-state index >= 15 is 0 Å². The molecule has 0 amide bonds. The van der Waals surface area contributed by atoms with Crippen molar-refractivity contribution in [3.8, 4) is 5.75 Å². The van der Waals surface area contributed by atoms with Gasteiger partial charge >= 0.3 is 0 Å². The molecule has 0 heterocycles. The molecule has 0 atom stereocenters. The summed E-state index contributed by atoms with van der Waals surface area (Å²) in [6.07, 6.45) is 0. The summed E-state index contributed by atoms with van der Waals surface area (Å²) in [5.41, 5.74) is 6.17. The zero-order valence-electron chi connectivity index (χ0n) is 6.60. The SMILES string of the molecule is COc1ccc(Cl)c(CN)c1Cl. The average molecular weight is 206 g/mol. The third-order valence-electron chi connectivity index (χ3n) is 1.57. The summed E-state index contributed by atoms with van der Waals surface area (Å²) in [4.78, 5) is 0. The van der Waals surface area contributed by atoms with E-state index in [4.69, 9.17) is 33.7 Å². The van der Waals surface area contributed by atoms with E-state index in [1.54, 1.807) is 19.2 Å². The molecule has 66 valence electrons. The van der Waals surface area contributed by atoms with E-state index in [1.807, 2.05) is 0 Å². The molecule has 0 unspecified atom stereocenters. The van der Waals surface area contributed by atoms with Gasteiger partial charge in [-0.3, -0.25) is 0 Å². The van der Waals surface area contributed by atoms with E-state index in [0.29, 0.717) is 22.3 Å². The molecular formula is C8H9Cl2NO. The zero-order valence-corrected chi connectivity index (χ0v) is 8.12. The Balaban J connectivity index is 3.24. The molecule has 1 rings (SSSR count). The highest BCUT2D eigenvalue weighted by molar-refractivity contribution is 6.36. The second-order valence-corrected chi connectivity index (χ2v) is 3.03. The van der Waals surface area contributed by atoms with E-state index in [9.17, 15) is 0 Å². The Kier molecular flexibility index (Phi) is 3.20. The number of methoxy groups -OCH3 is 1. The van der Waals surface area contributed by atoms with Crippen molar-refractivity contribution in [1.29, 1.82) is 0 Å². The second kappa shape index (κ2) is 3.99. The van der Waals surface area contributed by atoms with Gasteiger partial charge in [-0.15, -0.1) is 0 Å². The minimum absolute atomic E-state index is 0.314. The molecule has 0 spiro atoms. The smallest absolute Gasteiger partial charge is 0.137 e. The first-order valence-corrected chi connectivity index (χ1v) is 4.17. The first-order valence-electron chi connectivity index (χ1n) is 3.41. The fraction of sp³-hybridized carbons (Fsp3) is 0.250. The van der Waals surface area contributed by atoms with Gasteiger partial charge in [0, 0.05) is 17.1 Å². The summed E-state index contributed by atoms with van der Waals surface area (Å²) in [6.45, 7) is 0.314. The van der Waals surface area contributed by atoms with E-state index in [-0.39, 0.29) is 0 Å². The van der Waals surface area contributed by atoms with Crippen molar-refractivity contribution in [2.24, 2.45) is 5.73 Å². The van der Waals surface area contributed by atoms with Crippen molar-refractivity contribution >= 4 is 23.2 Å². The molecule has 0 saturated heterocycles. The molecule has 4 heteroatoms. The number of halogens is 2. The number of ether oxygens (including phenoxy) is 1. The van der Waals surface area contributed by atoms with Gasteiger partial charge in [-0.25, -0.2) is 0 Å². The third kappa shape index (κ3) is 1.66. The number of nitrogens with two attached hydrogens (primary N) is 1. The Morgan fingerprint density at radius 1 is 1.42 bits per heavy atom. The van der Waals surface area contributed by atoms with Crippen LogP contribution in [0, 0.1) is 0 Å². The Morgan fingerprint density at radius 2 is 2.08 bits per heavy atom. The van der Waals surface area contributed by atoms with Crippen molar-refractivity contribution in [3.63, 3.8) is 0 Å². The van der Waals surface area contributed by atoms with Crippen LogP contribution in [0.25, 0.3) is 0 Å². The lowest BCUT2D eigenvalue weighted by atomic mass is 10.2. The van der Waals surface area contributed by atoms with Crippen LogP contribution in [0.15, 0.2) is 12.1 Å². The summed E-state index contributed by atoms with van der Waals surface area (Å²) >= 11 is 11.8. The third-order valence-corrected chi connectivity index (χ3v) is 2.34. The topological polar surface area (TPSA) is 35.2 Å². The Hall–Kier alpha value is -0.440. The monoisotopic (exact) mass is 205 g/mol. The number of hydrogen-bond acceptors (Lipinski definition) is 2. The number of rotatable bonds is 2. The lowest BCUT2D eigenvalue weighted by Gasteiger charge is -2.08. The van der Waals surface area contributed by atoms with Gasteiger partial charge in [0.05, 0.1) is 12.1 Å². The number of hydrogen-bond donors (Lipinski definition) is 1. The van der Waals surface area contributed by atoms with Crippen molar-refractivity contribution in [2.45, 2.75) is 6.54 Å². The van der Waals surface area contributed by atoms with Crippen LogP contribution in [0.4, 0.5) is 0 Å². The minimum Gasteiger partial charge on any atom is -0.495 e. The predicted octanol–water partition coefficient (Wildman–Crippen LogP) is 2.46. The summed E-state index contributed by atoms with van der Waals surface area (Å²) < 4.78 is 5.00. The largest absolute Gasteiger partial charge is 0.495 e. The van der Waals surface area contributed by atoms with Crippen LogP contribution < -0.4 is 10.5 Å². The van der Waals surface area contributed by atoms with E-state index < -0.39 is 0 Å². The normalized spacial score (nSPS) is 10.0. The van der Waals surface area contributed by atoms with Gasteiger partial charge in [0.2, 0.25) is 0 Å². The summed E-state index contributed by atoms with van der Waals surface area (Å²) in [6, 6.07) is 3.43. The van der Waals surface area contributed by atoms with Crippen LogP contribution in [-0.2, 0) is 6.54 Å². The predicted molar refractivity (Wildman–Crippen MR) is 50.9 cm³/mol. The molecule has 0 aliphatic heterocycles. The summed E-state index contributed by atoms with van der Waals surface area (Å²) in [5.74, 6) is 0.599. The van der Waals surface area contributed by atoms with Gasteiger partial charge in [-0.1, -0.05) is 23.2 Å². The molecule has 0 saturated carbocycles. The molecule has 2 N–H and O–H groups in total. The van der Waals surface area contributed by atoms with Crippen LogP contribution in [0.2, 0.25) is 10.0 Å². The summed E-state index contributed by atoms with van der Waals surface area (Å²) in [7, 11) is 1.55. The van der Waals surface area contributed by atoms with Crippen molar-refractivity contribution in [2.75, 3.05) is 7.11 Å². The Morgan fingerprint density at radius 3 is 2.58 bits per heavy atom. The maximum atomic E-state index is 5.92. The molecule has 0 aliphatic carbocycles. The van der Waals surface area contributed by atoms with Crippen LogP contribution in [0.1, 0.15) is 5.56 Å². The molecule has 2 nitrogen and oxygen atoms in total. The highest BCUT2D eigenvalue weighted by atomic mass is 35.5. The Labute approximate surface area is 81.2 Å². The van der Waals surface area contributed by atoms with Gasteiger partial charge in [0.1, 0.15) is 5.75 Å². The minimum atomic E-state index is 0.314. The van der Waals surface area contributed by atoms with Gasteiger partial charge in [-0.2, -0.15) is 0 Å². The standard InChI is InChI=1S/C8H9Cl2NO/c1-12-7-3-2-6(9)5(4-11)8(7)10/h2-3H,4,11H2,1H3. The van der Waals surface area contributed by atoms with Crippen molar-refractivity contribution in [3.05, 3.63) is 27.7 Å². The lowest BCUT2D eigenvalue weighted by Crippen LogP contribution is -1.99. The van der Waals surface area contributed by atoms with Crippen LogP contribution >= 0.6 is 23.2 Å². The molecule has 0 aromatic heterocycles. The lowest BCUT2D eigenvalue weighted by molar-refractivity contribution is 0.414. The quantitative estimate of drug-likeness (QED) is 0.806. The molecule has 1 aromatic carbocycles. The first-order chi connectivity index (χ1) is 5.70. The van der Waals surface area contributed by atoms with Gasteiger partial charge in [0.25, 0.3) is 0 Å². The highest BCUT2D eigenvalue weighted by Crippen LogP contribution is 2.32. The molecule has 12 heavy (non-hydrogen) atoms. The van der Waals surface area contributed by atoms with E-state index in [0.717, 1.165) is 5.56 Å². The first kappa shape index (κ1) is 9.65. The highest BCUT2D eigenvalue weighted by Gasteiger charge is 2.08. The fourth-order valence-electron chi connectivity index (χ4n) is 0.921. The zero-order chi connectivity index (χ0) is 9.14. The maximum absolute atomic E-state index is 5.92. The molecular weight excluding hydrogens is 197 g/mol. The molecule has 0 fully saturated rings. The van der Waals surface area contributed by atoms with Crippen molar-refractivity contribution < 1.29 is 4.74 Å². The fourth-order valence-corrected chi connectivity index (χ4v) is 1.52. The molecule has 0 aliphatic rings. The van der Waals surface area contributed by atoms with E-state index in [2.05, 4.69) is 0 Å². The molecule has 0 radical (unpaired) electrons. The number of benzene rings is 1. The van der Waals surface area contributed by atoms with Crippen LogP contribution in [-0.4, -0.2) is 7.11 Å².